The van der Waals surface area contributed by atoms with Crippen LogP contribution in [-0.2, 0) is 0 Å². The summed E-state index contributed by atoms with van der Waals surface area (Å²) in [4.78, 5) is 2.44. The molecule has 3 nitrogen and oxygen atoms in total. The van der Waals surface area contributed by atoms with Crippen molar-refractivity contribution in [1.29, 1.82) is 0 Å². The van der Waals surface area contributed by atoms with Crippen molar-refractivity contribution in [3.05, 3.63) is 28.2 Å². The molecule has 1 aromatic rings. The Bertz CT molecular complexity index is 397. The lowest BCUT2D eigenvalue weighted by molar-refractivity contribution is 0.273. The van der Waals surface area contributed by atoms with E-state index in [-0.39, 0.29) is 6.61 Å². The lowest BCUT2D eigenvalue weighted by Gasteiger charge is -2.33. The van der Waals surface area contributed by atoms with E-state index in [9.17, 15) is 5.11 Å². The predicted octanol–water partition coefficient (Wildman–Crippen LogP) is 2.31. The third-order valence-corrected chi connectivity index (χ3v) is 4.00. The van der Waals surface area contributed by atoms with E-state index in [0.29, 0.717) is 6.04 Å². The van der Waals surface area contributed by atoms with Crippen molar-refractivity contribution in [2.75, 3.05) is 31.1 Å². The van der Waals surface area contributed by atoms with E-state index >= 15 is 0 Å². The highest BCUT2D eigenvalue weighted by atomic mass is 79.9. The number of nitrogens with one attached hydrogen (secondary N) is 1. The molecule has 0 spiro atoms. The van der Waals surface area contributed by atoms with Crippen molar-refractivity contribution >= 4 is 21.6 Å². The van der Waals surface area contributed by atoms with Crippen LogP contribution in [0.25, 0.3) is 0 Å². The molecule has 1 aliphatic rings. The number of hydrogen-bond donors (Lipinski definition) is 2. The number of halogens is 1. The fourth-order valence-corrected chi connectivity index (χ4v) is 3.08. The maximum atomic E-state index is 9.23. The molecule has 2 N–H and O–H groups in total. The standard InChI is InChI=1S/C14H21BrN2O/c1-11-9-12(15)3-4-14(11)17-7-2-6-16-10-13(17)5-8-18/h3-4,9,13,16,18H,2,5-8,10H2,1H3. The lowest BCUT2D eigenvalue weighted by atomic mass is 10.1. The summed E-state index contributed by atoms with van der Waals surface area (Å²) >= 11 is 3.51. The minimum atomic E-state index is 0.248. The summed E-state index contributed by atoms with van der Waals surface area (Å²) < 4.78 is 1.12. The summed E-state index contributed by atoms with van der Waals surface area (Å²) in [6, 6.07) is 6.81. The topological polar surface area (TPSA) is 35.5 Å². The fourth-order valence-electron chi connectivity index (χ4n) is 2.60. The molecule has 4 heteroatoms. The number of benzene rings is 1. The summed E-state index contributed by atoms with van der Waals surface area (Å²) in [5, 5.41) is 12.7. The van der Waals surface area contributed by atoms with E-state index in [1.54, 1.807) is 0 Å². The average Bonchev–Trinajstić information content (AvgIpc) is 2.56. The molecule has 0 saturated carbocycles. The molecule has 18 heavy (non-hydrogen) atoms. The summed E-state index contributed by atoms with van der Waals surface area (Å²) in [5.41, 5.74) is 2.58. The fraction of sp³-hybridized carbons (Fsp3) is 0.571. The van der Waals surface area contributed by atoms with Crippen molar-refractivity contribution in [3.63, 3.8) is 0 Å². The van der Waals surface area contributed by atoms with Crippen LogP contribution in [0.15, 0.2) is 22.7 Å². The van der Waals surface area contributed by atoms with Gasteiger partial charge in [-0.3, -0.25) is 0 Å². The van der Waals surface area contributed by atoms with Crippen molar-refractivity contribution in [1.82, 2.24) is 5.32 Å². The zero-order chi connectivity index (χ0) is 13.0. The molecule has 100 valence electrons. The molecular formula is C14H21BrN2O. The summed E-state index contributed by atoms with van der Waals surface area (Å²) in [6.07, 6.45) is 1.97. The maximum absolute atomic E-state index is 9.23. The summed E-state index contributed by atoms with van der Waals surface area (Å²) in [6.45, 7) is 5.47. The number of aliphatic hydroxyl groups excluding tert-OH is 1. The first-order chi connectivity index (χ1) is 8.72. The van der Waals surface area contributed by atoms with Crippen molar-refractivity contribution in [2.45, 2.75) is 25.8 Å². The Morgan fingerprint density at radius 3 is 3.06 bits per heavy atom. The zero-order valence-electron chi connectivity index (χ0n) is 10.8. The van der Waals surface area contributed by atoms with Gasteiger partial charge in [-0.2, -0.15) is 0 Å². The van der Waals surface area contributed by atoms with Crippen LogP contribution < -0.4 is 10.2 Å². The maximum Gasteiger partial charge on any atom is 0.0451 e. The molecular weight excluding hydrogens is 292 g/mol. The van der Waals surface area contributed by atoms with Crippen LogP contribution in [0.1, 0.15) is 18.4 Å². The molecule has 1 atom stereocenters. The zero-order valence-corrected chi connectivity index (χ0v) is 12.4. The van der Waals surface area contributed by atoms with Crippen molar-refractivity contribution in [3.8, 4) is 0 Å². The number of nitrogens with zero attached hydrogens (tertiary/aromatic N) is 1. The van der Waals surface area contributed by atoms with Gasteiger partial charge in [0.15, 0.2) is 0 Å². The highest BCUT2D eigenvalue weighted by Crippen LogP contribution is 2.27. The Hall–Kier alpha value is -0.580. The molecule has 2 rings (SSSR count). The van der Waals surface area contributed by atoms with Gasteiger partial charge < -0.3 is 15.3 Å². The number of anilines is 1. The smallest absolute Gasteiger partial charge is 0.0451 e. The predicted molar refractivity (Wildman–Crippen MR) is 79.2 cm³/mol. The van der Waals surface area contributed by atoms with Gasteiger partial charge in [0.05, 0.1) is 0 Å². The Morgan fingerprint density at radius 1 is 1.50 bits per heavy atom. The van der Waals surface area contributed by atoms with Gasteiger partial charge in [0.1, 0.15) is 0 Å². The SMILES string of the molecule is Cc1cc(Br)ccc1N1CCCNCC1CCO. The van der Waals surface area contributed by atoms with E-state index in [1.807, 2.05) is 0 Å². The van der Waals surface area contributed by atoms with Gasteiger partial charge >= 0.3 is 0 Å². The van der Waals surface area contributed by atoms with Gasteiger partial charge in [0.2, 0.25) is 0 Å². The molecule has 0 radical (unpaired) electrons. The van der Waals surface area contributed by atoms with Gasteiger partial charge in [-0.1, -0.05) is 15.9 Å². The highest BCUT2D eigenvalue weighted by molar-refractivity contribution is 9.10. The molecule has 0 aromatic heterocycles. The summed E-state index contributed by atoms with van der Waals surface area (Å²) in [7, 11) is 0. The van der Waals surface area contributed by atoms with Crippen LogP contribution in [0, 0.1) is 6.92 Å². The van der Waals surface area contributed by atoms with Crippen LogP contribution in [-0.4, -0.2) is 37.4 Å². The Balaban J connectivity index is 2.25. The Morgan fingerprint density at radius 2 is 2.33 bits per heavy atom. The van der Waals surface area contributed by atoms with Crippen molar-refractivity contribution < 1.29 is 5.11 Å². The minimum Gasteiger partial charge on any atom is -0.396 e. The van der Waals surface area contributed by atoms with Crippen LogP contribution in [0.5, 0.6) is 0 Å². The molecule has 1 aliphatic heterocycles. The monoisotopic (exact) mass is 312 g/mol. The van der Waals surface area contributed by atoms with E-state index in [4.69, 9.17) is 0 Å². The van der Waals surface area contributed by atoms with Crippen LogP contribution >= 0.6 is 15.9 Å². The first-order valence-corrected chi connectivity index (χ1v) is 7.36. The molecule has 0 amide bonds. The molecule has 1 unspecified atom stereocenters. The average molecular weight is 313 g/mol. The summed E-state index contributed by atoms with van der Waals surface area (Å²) in [5.74, 6) is 0. The lowest BCUT2D eigenvalue weighted by Crippen LogP contribution is -2.40. The van der Waals surface area contributed by atoms with Crippen LogP contribution in [0.4, 0.5) is 5.69 Å². The van der Waals surface area contributed by atoms with Gasteiger partial charge in [0.25, 0.3) is 0 Å². The van der Waals surface area contributed by atoms with E-state index in [1.165, 1.54) is 11.3 Å². The molecule has 0 aliphatic carbocycles. The molecule has 1 fully saturated rings. The largest absolute Gasteiger partial charge is 0.396 e. The normalized spacial score (nSPS) is 20.8. The highest BCUT2D eigenvalue weighted by Gasteiger charge is 2.21. The van der Waals surface area contributed by atoms with E-state index < -0.39 is 0 Å². The minimum absolute atomic E-state index is 0.248. The number of hydrogen-bond acceptors (Lipinski definition) is 3. The van der Waals surface area contributed by atoms with Crippen molar-refractivity contribution in [2.24, 2.45) is 0 Å². The van der Waals surface area contributed by atoms with Gasteiger partial charge in [-0.25, -0.2) is 0 Å². The molecule has 1 heterocycles. The van der Waals surface area contributed by atoms with Gasteiger partial charge in [-0.05, 0) is 50.1 Å². The molecule has 1 saturated heterocycles. The van der Waals surface area contributed by atoms with Crippen LogP contribution in [0.2, 0.25) is 0 Å². The first-order valence-electron chi connectivity index (χ1n) is 6.56. The molecule has 1 aromatic carbocycles. The second-order valence-corrected chi connectivity index (χ2v) is 5.76. The second-order valence-electron chi connectivity index (χ2n) is 4.85. The number of rotatable bonds is 3. The molecule has 0 bridgehead atoms. The van der Waals surface area contributed by atoms with Crippen LogP contribution in [0.3, 0.4) is 0 Å². The van der Waals surface area contributed by atoms with Gasteiger partial charge in [0, 0.05) is 35.9 Å². The number of aliphatic hydroxyl groups is 1. The van der Waals surface area contributed by atoms with E-state index in [0.717, 1.165) is 36.9 Å². The third-order valence-electron chi connectivity index (χ3n) is 3.50. The van der Waals surface area contributed by atoms with E-state index in [2.05, 4.69) is 51.3 Å². The third kappa shape index (κ3) is 3.25. The quantitative estimate of drug-likeness (QED) is 0.899. The Labute approximate surface area is 117 Å². The second kappa shape index (κ2) is 6.55. The number of aryl methyl sites for hydroxylation is 1. The Kier molecular flexibility index (Phi) is 5.03. The van der Waals surface area contributed by atoms with Gasteiger partial charge in [-0.15, -0.1) is 0 Å². The first kappa shape index (κ1) is 13.8.